The first-order valence-corrected chi connectivity index (χ1v) is 4.31. The summed E-state index contributed by atoms with van der Waals surface area (Å²) in [5, 5.41) is 24.7. The van der Waals surface area contributed by atoms with Crippen LogP contribution in [0.5, 0.6) is 11.5 Å². The van der Waals surface area contributed by atoms with Gasteiger partial charge >= 0.3 is 0 Å². The lowest BCUT2D eigenvalue weighted by atomic mass is 10.2. The first kappa shape index (κ1) is 11.8. The average molecular weight is 224 g/mol. The van der Waals surface area contributed by atoms with Crippen molar-refractivity contribution in [1.29, 1.82) is 0 Å². The molecule has 16 heavy (non-hydrogen) atoms. The highest BCUT2D eigenvalue weighted by atomic mass is 16.5. The monoisotopic (exact) mass is 224 g/mol. The summed E-state index contributed by atoms with van der Waals surface area (Å²) in [4.78, 5) is 0. The Balaban J connectivity index is 2.82. The van der Waals surface area contributed by atoms with Gasteiger partial charge in [-0.2, -0.15) is 5.10 Å². The van der Waals surface area contributed by atoms with Crippen molar-refractivity contribution >= 4 is 12.2 Å². The highest BCUT2D eigenvalue weighted by Gasteiger charge is 2.00. The molecule has 7 nitrogen and oxygen atoms in total. The molecule has 0 saturated heterocycles. The maximum absolute atomic E-state index is 9.33. The number of phenols is 1. The summed E-state index contributed by atoms with van der Waals surface area (Å²) in [7, 11) is 1.45. The van der Waals surface area contributed by atoms with Crippen molar-refractivity contribution in [3.05, 3.63) is 23.8 Å². The Labute approximate surface area is 91.8 Å². The van der Waals surface area contributed by atoms with E-state index in [2.05, 4.69) is 10.2 Å². The van der Waals surface area contributed by atoms with Crippen molar-refractivity contribution in [2.75, 3.05) is 7.11 Å². The summed E-state index contributed by atoms with van der Waals surface area (Å²) in [6.07, 6.45) is 1.40. The van der Waals surface area contributed by atoms with Crippen molar-refractivity contribution < 1.29 is 15.1 Å². The van der Waals surface area contributed by atoms with Crippen molar-refractivity contribution in [2.45, 2.75) is 0 Å². The highest BCUT2D eigenvalue weighted by molar-refractivity contribution is 5.82. The van der Waals surface area contributed by atoms with Crippen molar-refractivity contribution in [2.24, 2.45) is 15.9 Å². The molecule has 0 bridgehead atoms. The number of methoxy groups -OCH3 is 1. The van der Waals surface area contributed by atoms with Gasteiger partial charge in [-0.25, -0.2) is 5.48 Å². The lowest BCUT2D eigenvalue weighted by Crippen LogP contribution is -2.27. The normalized spacial score (nSPS) is 11.8. The zero-order valence-corrected chi connectivity index (χ0v) is 8.58. The number of nitrogens with zero attached hydrogens (tertiary/aromatic N) is 2. The van der Waals surface area contributed by atoms with Gasteiger partial charge in [0.2, 0.25) is 5.96 Å². The lowest BCUT2D eigenvalue weighted by Gasteiger charge is -2.02. The third kappa shape index (κ3) is 3.14. The second kappa shape index (κ2) is 5.56. The van der Waals surface area contributed by atoms with Gasteiger partial charge in [-0.1, -0.05) is 0 Å². The molecular formula is C9H12N4O3. The molecular weight excluding hydrogens is 212 g/mol. The Morgan fingerprint density at radius 1 is 1.56 bits per heavy atom. The van der Waals surface area contributed by atoms with Crippen LogP contribution >= 0.6 is 0 Å². The third-order valence-corrected chi connectivity index (χ3v) is 1.69. The molecule has 0 atom stereocenters. The van der Waals surface area contributed by atoms with Crippen LogP contribution in [0.15, 0.2) is 28.4 Å². The number of hydroxylamine groups is 1. The van der Waals surface area contributed by atoms with Gasteiger partial charge < -0.3 is 15.6 Å². The zero-order chi connectivity index (χ0) is 12.0. The molecule has 0 unspecified atom stereocenters. The zero-order valence-electron chi connectivity index (χ0n) is 8.58. The Kier molecular flexibility index (Phi) is 4.10. The van der Waals surface area contributed by atoms with Crippen molar-refractivity contribution in [3.8, 4) is 11.5 Å². The largest absolute Gasteiger partial charge is 0.504 e. The Morgan fingerprint density at radius 3 is 2.94 bits per heavy atom. The molecule has 1 rings (SSSR count). The summed E-state index contributed by atoms with van der Waals surface area (Å²) in [5.74, 6) is 0.155. The molecule has 0 aliphatic carbocycles. The van der Waals surface area contributed by atoms with Crippen LogP contribution in [0.3, 0.4) is 0 Å². The number of ether oxygens (including phenoxy) is 1. The van der Waals surface area contributed by atoms with Crippen molar-refractivity contribution in [1.82, 2.24) is 5.48 Å². The van der Waals surface area contributed by atoms with Gasteiger partial charge in [0.1, 0.15) is 0 Å². The molecule has 0 aliphatic rings. The number of aromatic hydroxyl groups is 1. The number of phenolic OH excluding ortho intramolecular Hbond substituents is 1. The molecule has 0 saturated carbocycles. The molecule has 0 radical (unpaired) electrons. The maximum Gasteiger partial charge on any atom is 0.237 e. The van der Waals surface area contributed by atoms with E-state index in [1.807, 2.05) is 0 Å². The first-order chi connectivity index (χ1) is 7.67. The number of guanidine groups is 1. The molecule has 0 heterocycles. The van der Waals surface area contributed by atoms with Crippen LogP contribution in [-0.2, 0) is 0 Å². The van der Waals surface area contributed by atoms with Crippen LogP contribution in [0.4, 0.5) is 0 Å². The van der Waals surface area contributed by atoms with Crippen molar-refractivity contribution in [3.63, 3.8) is 0 Å². The minimum atomic E-state index is -0.220. The molecule has 0 aliphatic heterocycles. The van der Waals surface area contributed by atoms with Crippen LogP contribution < -0.4 is 16.0 Å². The standard InChI is InChI=1S/C9H12N4O3/c1-16-8-4-6(2-3-7(8)14)5-11-12-9(10)13-15/h2-5,14-15H,1H3,(H3,10,12,13)/b11-5+. The van der Waals surface area contributed by atoms with Gasteiger partial charge in [0.15, 0.2) is 11.5 Å². The number of benzene rings is 1. The fraction of sp³-hybridized carbons (Fsp3) is 0.111. The molecule has 5 N–H and O–H groups in total. The summed E-state index contributed by atoms with van der Waals surface area (Å²) < 4.78 is 4.91. The summed E-state index contributed by atoms with van der Waals surface area (Å²) in [5.41, 5.74) is 7.43. The number of hydrogen-bond donors (Lipinski definition) is 4. The van der Waals surface area contributed by atoms with E-state index in [4.69, 9.17) is 15.7 Å². The third-order valence-electron chi connectivity index (χ3n) is 1.69. The molecule has 0 aromatic heterocycles. The fourth-order valence-corrected chi connectivity index (χ4v) is 0.955. The topological polar surface area (TPSA) is 112 Å². The number of nitrogens with one attached hydrogen (secondary N) is 1. The van der Waals surface area contributed by atoms with Gasteiger partial charge in [0, 0.05) is 0 Å². The first-order valence-electron chi connectivity index (χ1n) is 4.31. The predicted octanol–water partition coefficient (Wildman–Crippen LogP) is 0.0282. The lowest BCUT2D eigenvalue weighted by molar-refractivity contribution is 0.232. The molecule has 0 amide bonds. The fourth-order valence-electron chi connectivity index (χ4n) is 0.955. The second-order valence-corrected chi connectivity index (χ2v) is 2.77. The van der Waals surface area contributed by atoms with Gasteiger partial charge in [-0.3, -0.25) is 5.21 Å². The SMILES string of the molecule is COc1cc(/C=N/N=C(\N)NO)ccc1O. The predicted molar refractivity (Wildman–Crippen MR) is 58.8 cm³/mol. The van der Waals surface area contributed by atoms with E-state index >= 15 is 0 Å². The summed E-state index contributed by atoms with van der Waals surface area (Å²) >= 11 is 0. The molecule has 7 heteroatoms. The minimum absolute atomic E-state index is 0.0414. The quantitative estimate of drug-likeness (QED) is 0.328. The Bertz CT molecular complexity index is 417. The van der Waals surface area contributed by atoms with E-state index in [0.717, 1.165) is 0 Å². The van der Waals surface area contributed by atoms with E-state index in [0.29, 0.717) is 11.3 Å². The van der Waals surface area contributed by atoms with Crippen LogP contribution in [-0.4, -0.2) is 29.6 Å². The minimum Gasteiger partial charge on any atom is -0.504 e. The van der Waals surface area contributed by atoms with Crippen LogP contribution in [0.2, 0.25) is 0 Å². The maximum atomic E-state index is 9.33. The Morgan fingerprint density at radius 2 is 2.31 bits per heavy atom. The Hall–Kier alpha value is -2.28. The molecule has 0 fully saturated rings. The summed E-state index contributed by atoms with van der Waals surface area (Å²) in [6.45, 7) is 0. The van der Waals surface area contributed by atoms with E-state index in [1.165, 1.54) is 19.4 Å². The van der Waals surface area contributed by atoms with Crippen LogP contribution in [0.25, 0.3) is 0 Å². The van der Waals surface area contributed by atoms with E-state index in [1.54, 1.807) is 17.6 Å². The van der Waals surface area contributed by atoms with Crippen LogP contribution in [0, 0.1) is 0 Å². The highest BCUT2D eigenvalue weighted by Crippen LogP contribution is 2.25. The van der Waals surface area contributed by atoms with E-state index in [9.17, 15) is 5.11 Å². The number of nitrogens with two attached hydrogens (primary N) is 1. The van der Waals surface area contributed by atoms with E-state index < -0.39 is 0 Å². The smallest absolute Gasteiger partial charge is 0.237 e. The molecule has 1 aromatic rings. The molecule has 86 valence electrons. The average Bonchev–Trinajstić information content (AvgIpc) is 2.31. The number of rotatable bonds is 3. The van der Waals surface area contributed by atoms with Gasteiger partial charge in [-0.05, 0) is 23.8 Å². The van der Waals surface area contributed by atoms with Gasteiger partial charge in [-0.15, -0.1) is 5.10 Å². The number of hydrogen-bond acceptors (Lipinski definition) is 5. The summed E-state index contributed by atoms with van der Waals surface area (Å²) in [6, 6.07) is 4.67. The molecule has 0 spiro atoms. The van der Waals surface area contributed by atoms with Crippen LogP contribution in [0.1, 0.15) is 5.56 Å². The molecule has 1 aromatic carbocycles. The van der Waals surface area contributed by atoms with Gasteiger partial charge in [0.25, 0.3) is 0 Å². The second-order valence-electron chi connectivity index (χ2n) is 2.77. The van der Waals surface area contributed by atoms with E-state index in [-0.39, 0.29) is 11.7 Å². The van der Waals surface area contributed by atoms with Gasteiger partial charge in [0.05, 0.1) is 13.3 Å².